The fraction of sp³-hybridized carbons (Fsp3) is 0.395. The molecule has 3 aromatic carbocycles. The number of nitrogens with one attached hydrogen (secondary N) is 2. The molecule has 0 bridgehead atoms. The van der Waals surface area contributed by atoms with Gasteiger partial charge in [0, 0.05) is 89.7 Å². The van der Waals surface area contributed by atoms with Gasteiger partial charge >= 0.3 is 6.09 Å². The number of alkyl carbamates (subject to hydrolysis) is 1. The van der Waals surface area contributed by atoms with Gasteiger partial charge in [0.1, 0.15) is 11.2 Å². The zero-order valence-corrected chi connectivity index (χ0v) is 29.6. The second-order valence-corrected chi connectivity index (χ2v) is 14.8. The number of nitrogens with zero attached hydrogens (tertiary/aromatic N) is 3. The third-order valence-electron chi connectivity index (χ3n) is 9.08. The monoisotopic (exact) mass is 697 g/mol. The summed E-state index contributed by atoms with van der Waals surface area (Å²) in [5, 5.41) is 8.61. The van der Waals surface area contributed by atoms with Crippen LogP contribution in [-0.4, -0.2) is 99.5 Å². The van der Waals surface area contributed by atoms with Crippen molar-refractivity contribution in [1.82, 2.24) is 15.1 Å². The van der Waals surface area contributed by atoms with Crippen LogP contribution < -0.4 is 21.0 Å². The summed E-state index contributed by atoms with van der Waals surface area (Å²) in [7, 11) is 0. The molecule has 12 heteroatoms. The molecule has 0 unspecified atom stereocenters. The molecule has 11 nitrogen and oxygen atoms in total. The van der Waals surface area contributed by atoms with Crippen LogP contribution in [0.25, 0.3) is 42.3 Å². The number of rotatable bonds is 8. The van der Waals surface area contributed by atoms with E-state index in [1.165, 1.54) is 0 Å². The van der Waals surface area contributed by atoms with E-state index in [9.17, 15) is 14.4 Å². The zero-order chi connectivity index (χ0) is 34.8. The van der Waals surface area contributed by atoms with Crippen LogP contribution in [0.3, 0.4) is 0 Å². The average Bonchev–Trinajstić information content (AvgIpc) is 3.49. The Morgan fingerprint density at radius 2 is 1.62 bits per heavy atom. The smallest absolute Gasteiger partial charge is 0.407 e. The van der Waals surface area contributed by atoms with Crippen molar-refractivity contribution in [3.63, 3.8) is 0 Å². The Hall–Kier alpha value is -4.49. The van der Waals surface area contributed by atoms with Crippen LogP contribution >= 0.6 is 11.3 Å². The maximum Gasteiger partial charge on any atom is 0.407 e. The molecule has 0 aliphatic carbocycles. The number of fused-ring (bicyclic) bond motifs is 4. The van der Waals surface area contributed by atoms with Gasteiger partial charge in [-0.1, -0.05) is 36.4 Å². The third-order valence-corrected chi connectivity index (χ3v) is 10.3. The number of anilines is 2. The summed E-state index contributed by atoms with van der Waals surface area (Å²) >= 11 is 1.67. The van der Waals surface area contributed by atoms with Gasteiger partial charge in [-0.05, 0) is 39.0 Å². The lowest BCUT2D eigenvalue weighted by molar-refractivity contribution is -0.117. The lowest BCUT2D eigenvalue weighted by atomic mass is 9.99. The second kappa shape index (κ2) is 14.4. The number of thiophene rings is 1. The number of carbonyl (C=O) groups excluding carboxylic acids is 2. The van der Waals surface area contributed by atoms with Crippen molar-refractivity contribution in [2.24, 2.45) is 0 Å². The van der Waals surface area contributed by atoms with Gasteiger partial charge < -0.3 is 29.4 Å². The van der Waals surface area contributed by atoms with Crippen LogP contribution in [0.1, 0.15) is 20.8 Å². The molecule has 0 spiro atoms. The zero-order valence-electron chi connectivity index (χ0n) is 28.8. The highest BCUT2D eigenvalue weighted by Gasteiger charge is 2.23. The largest absolute Gasteiger partial charge is 0.444 e. The van der Waals surface area contributed by atoms with Crippen molar-refractivity contribution >= 4 is 66.1 Å². The minimum Gasteiger partial charge on any atom is -0.444 e. The van der Waals surface area contributed by atoms with E-state index in [1.54, 1.807) is 17.4 Å². The number of hydrogen-bond donors (Lipinski definition) is 2. The van der Waals surface area contributed by atoms with E-state index in [1.807, 2.05) is 63.2 Å². The molecule has 2 aromatic heterocycles. The maximum absolute atomic E-state index is 13.5. The molecule has 50 heavy (non-hydrogen) atoms. The van der Waals surface area contributed by atoms with Crippen molar-refractivity contribution in [2.75, 3.05) is 82.3 Å². The molecule has 2 amide bonds. The molecule has 0 atom stereocenters. The highest BCUT2D eigenvalue weighted by atomic mass is 32.1. The second-order valence-electron chi connectivity index (χ2n) is 13.8. The predicted molar refractivity (Wildman–Crippen MR) is 200 cm³/mol. The molecule has 262 valence electrons. The van der Waals surface area contributed by atoms with Gasteiger partial charge in [0.25, 0.3) is 0 Å². The summed E-state index contributed by atoms with van der Waals surface area (Å²) in [5.41, 5.74) is 2.49. The molecular formula is C38H43N5O6S. The molecule has 2 saturated heterocycles. The van der Waals surface area contributed by atoms with Crippen LogP contribution in [0, 0.1) is 0 Å². The number of para-hydroxylation sites is 1. The summed E-state index contributed by atoms with van der Waals surface area (Å²) in [6, 6.07) is 19.5. The fourth-order valence-electron chi connectivity index (χ4n) is 6.66. The Bertz CT molecular complexity index is 2090. The molecule has 2 fully saturated rings. The van der Waals surface area contributed by atoms with Gasteiger partial charge in [0.15, 0.2) is 11.3 Å². The van der Waals surface area contributed by atoms with Gasteiger partial charge in [0.05, 0.1) is 30.8 Å². The number of carbonyl (C=O) groups is 2. The SMILES string of the molecule is CC(C)(C)OC(=O)NCCN1CCN(CC(=O)Nc2ccc(-c3cccc4c(=O)cc(N5CCOCC5)oc34)c3sc4ccccc4c23)CC1. The van der Waals surface area contributed by atoms with E-state index in [0.717, 1.165) is 69.7 Å². The standard InChI is InChI=1S/C38H43N5O6S/c1-38(2,3)49-37(46)39-13-14-41-15-17-42(18-16-41)24-32(45)40-29-12-11-26(36-34(29)28-7-4-5-10-31(28)50-36)25-8-6-9-27-30(44)23-33(48-35(25)27)43-19-21-47-22-20-43/h4-12,23H,13-22,24H2,1-3H3,(H,39,46)(H,40,45). The van der Waals surface area contributed by atoms with Gasteiger partial charge in [-0.2, -0.15) is 0 Å². The number of ether oxygens (including phenoxy) is 2. The van der Waals surface area contributed by atoms with Crippen molar-refractivity contribution in [2.45, 2.75) is 26.4 Å². The van der Waals surface area contributed by atoms with Crippen LogP contribution in [-0.2, 0) is 14.3 Å². The fourth-order valence-corrected chi connectivity index (χ4v) is 7.91. The first kappa shape index (κ1) is 34.0. The summed E-state index contributed by atoms with van der Waals surface area (Å²) in [4.78, 5) is 45.3. The Balaban J connectivity index is 1.09. The van der Waals surface area contributed by atoms with E-state index < -0.39 is 11.7 Å². The minimum atomic E-state index is -0.524. The summed E-state index contributed by atoms with van der Waals surface area (Å²) in [6.07, 6.45) is -0.407. The molecule has 0 saturated carbocycles. The summed E-state index contributed by atoms with van der Waals surface area (Å²) in [5.74, 6) is 0.480. The van der Waals surface area contributed by atoms with Crippen LogP contribution in [0.15, 0.2) is 69.9 Å². The quantitative estimate of drug-likeness (QED) is 0.209. The molecule has 2 aliphatic heterocycles. The summed E-state index contributed by atoms with van der Waals surface area (Å²) < 4.78 is 19.5. The highest BCUT2D eigenvalue weighted by Crippen LogP contribution is 2.45. The first-order valence-corrected chi connectivity index (χ1v) is 18.0. The van der Waals surface area contributed by atoms with E-state index in [0.29, 0.717) is 49.7 Å². The van der Waals surface area contributed by atoms with Crippen molar-refractivity contribution in [1.29, 1.82) is 0 Å². The first-order valence-electron chi connectivity index (χ1n) is 17.2. The average molecular weight is 698 g/mol. The maximum atomic E-state index is 13.5. The third kappa shape index (κ3) is 7.48. The van der Waals surface area contributed by atoms with Crippen molar-refractivity contribution in [3.05, 3.63) is 70.9 Å². The first-order chi connectivity index (χ1) is 24.1. The van der Waals surface area contributed by atoms with Crippen LogP contribution in [0.5, 0.6) is 0 Å². The van der Waals surface area contributed by atoms with E-state index >= 15 is 0 Å². The number of morpholine rings is 1. The minimum absolute atomic E-state index is 0.0688. The normalized spacial score (nSPS) is 16.3. The van der Waals surface area contributed by atoms with E-state index in [2.05, 4.69) is 37.5 Å². The lowest BCUT2D eigenvalue weighted by Crippen LogP contribution is -2.50. The predicted octanol–water partition coefficient (Wildman–Crippen LogP) is 5.75. The number of amides is 2. The molecule has 7 rings (SSSR count). The van der Waals surface area contributed by atoms with Gasteiger partial charge in [-0.15, -0.1) is 11.3 Å². The molecule has 5 aromatic rings. The Morgan fingerprint density at radius 3 is 2.40 bits per heavy atom. The van der Waals surface area contributed by atoms with Gasteiger partial charge in [-0.3, -0.25) is 19.4 Å². The lowest BCUT2D eigenvalue weighted by Gasteiger charge is -2.34. The van der Waals surface area contributed by atoms with Crippen molar-refractivity contribution < 1.29 is 23.5 Å². The number of hydrogen-bond acceptors (Lipinski definition) is 10. The van der Waals surface area contributed by atoms with Crippen LogP contribution in [0.2, 0.25) is 0 Å². The van der Waals surface area contributed by atoms with E-state index in [4.69, 9.17) is 13.9 Å². The summed E-state index contributed by atoms with van der Waals surface area (Å²) in [6.45, 7) is 12.7. The van der Waals surface area contributed by atoms with Crippen molar-refractivity contribution in [3.8, 4) is 11.1 Å². The molecule has 0 radical (unpaired) electrons. The molecular weight excluding hydrogens is 655 g/mol. The topological polar surface area (TPSA) is 117 Å². The molecule has 2 aliphatic rings. The number of benzene rings is 3. The highest BCUT2D eigenvalue weighted by molar-refractivity contribution is 7.26. The Labute approximate surface area is 294 Å². The Kier molecular flexibility index (Phi) is 9.78. The molecule has 4 heterocycles. The Morgan fingerprint density at radius 1 is 0.880 bits per heavy atom. The van der Waals surface area contributed by atoms with E-state index in [-0.39, 0.29) is 17.9 Å². The van der Waals surface area contributed by atoms with Gasteiger partial charge in [0.2, 0.25) is 5.91 Å². The van der Waals surface area contributed by atoms with Gasteiger partial charge in [-0.25, -0.2) is 4.79 Å². The number of piperazine rings is 1. The van der Waals surface area contributed by atoms with Crippen LogP contribution in [0.4, 0.5) is 16.4 Å². The molecule has 2 N–H and O–H groups in total.